The molecule has 0 aromatic heterocycles. The Morgan fingerprint density at radius 1 is 1.05 bits per heavy atom. The van der Waals surface area contributed by atoms with E-state index in [0.29, 0.717) is 17.1 Å². The summed E-state index contributed by atoms with van der Waals surface area (Å²) in [5.41, 5.74) is 5.30. The van der Waals surface area contributed by atoms with Gasteiger partial charge in [0, 0.05) is 11.5 Å². The van der Waals surface area contributed by atoms with Gasteiger partial charge in [-0.15, -0.1) is 0 Å². The minimum atomic E-state index is -0.387. The number of ether oxygens (including phenoxy) is 2. The van der Waals surface area contributed by atoms with E-state index >= 15 is 0 Å². The molecule has 0 bridgehead atoms. The van der Waals surface area contributed by atoms with Crippen molar-refractivity contribution in [2.45, 2.75) is 25.7 Å². The van der Waals surface area contributed by atoms with Crippen LogP contribution in [-0.4, -0.2) is 26.0 Å². The second-order valence-electron chi connectivity index (χ2n) is 4.99. The Balaban J connectivity index is 1.95. The standard InChI is InChI=1S/C15H20N2O4/c1-20-12-8-7-11(9-13(12)21-2)15(19)17-16-14(18)10-5-3-4-6-10/h7-10H,3-6H2,1-2H3,(H,16,18)(H,17,19). The van der Waals surface area contributed by atoms with E-state index in [1.807, 2.05) is 0 Å². The summed E-state index contributed by atoms with van der Waals surface area (Å²) in [5, 5.41) is 0. The van der Waals surface area contributed by atoms with Gasteiger partial charge in [-0.3, -0.25) is 20.4 Å². The molecule has 6 heteroatoms. The first-order valence-corrected chi connectivity index (χ1v) is 6.98. The molecule has 0 spiro atoms. The van der Waals surface area contributed by atoms with Crippen LogP contribution >= 0.6 is 0 Å². The van der Waals surface area contributed by atoms with Gasteiger partial charge in [0.25, 0.3) is 5.91 Å². The maximum Gasteiger partial charge on any atom is 0.269 e. The number of nitrogens with one attached hydrogen (secondary N) is 2. The molecule has 0 saturated heterocycles. The highest BCUT2D eigenvalue weighted by Crippen LogP contribution is 2.27. The Morgan fingerprint density at radius 2 is 1.71 bits per heavy atom. The van der Waals surface area contributed by atoms with Crippen LogP contribution in [0.1, 0.15) is 36.0 Å². The van der Waals surface area contributed by atoms with Gasteiger partial charge in [-0.2, -0.15) is 0 Å². The highest BCUT2D eigenvalue weighted by atomic mass is 16.5. The molecule has 21 heavy (non-hydrogen) atoms. The Morgan fingerprint density at radius 3 is 2.33 bits per heavy atom. The van der Waals surface area contributed by atoms with Gasteiger partial charge in [-0.1, -0.05) is 12.8 Å². The fraction of sp³-hybridized carbons (Fsp3) is 0.467. The summed E-state index contributed by atoms with van der Waals surface area (Å²) in [4.78, 5) is 23.8. The Bertz CT molecular complexity index is 524. The molecular weight excluding hydrogens is 272 g/mol. The van der Waals surface area contributed by atoms with Gasteiger partial charge < -0.3 is 9.47 Å². The Labute approximate surface area is 123 Å². The average Bonchev–Trinajstić information content (AvgIpc) is 3.06. The lowest BCUT2D eigenvalue weighted by molar-refractivity contribution is -0.125. The molecule has 0 heterocycles. The van der Waals surface area contributed by atoms with Gasteiger partial charge in [-0.25, -0.2) is 0 Å². The summed E-state index contributed by atoms with van der Waals surface area (Å²) in [5.74, 6) is 0.510. The van der Waals surface area contributed by atoms with E-state index in [0.717, 1.165) is 25.7 Å². The van der Waals surface area contributed by atoms with Crippen LogP contribution in [0.25, 0.3) is 0 Å². The van der Waals surface area contributed by atoms with Gasteiger partial charge in [0.1, 0.15) is 0 Å². The number of methoxy groups -OCH3 is 2. The number of hydrogen-bond donors (Lipinski definition) is 2. The number of rotatable bonds is 4. The molecule has 1 aliphatic carbocycles. The van der Waals surface area contributed by atoms with E-state index in [2.05, 4.69) is 10.9 Å². The highest BCUT2D eigenvalue weighted by Gasteiger charge is 2.23. The largest absolute Gasteiger partial charge is 0.493 e. The van der Waals surface area contributed by atoms with Crippen molar-refractivity contribution in [1.29, 1.82) is 0 Å². The lowest BCUT2D eigenvalue weighted by Crippen LogP contribution is -2.44. The van der Waals surface area contributed by atoms with Gasteiger partial charge in [0.05, 0.1) is 14.2 Å². The molecule has 6 nitrogen and oxygen atoms in total. The highest BCUT2D eigenvalue weighted by molar-refractivity contribution is 5.96. The lowest BCUT2D eigenvalue weighted by Gasteiger charge is -2.12. The maximum absolute atomic E-state index is 12.0. The van der Waals surface area contributed by atoms with Crippen LogP contribution in [0.5, 0.6) is 11.5 Å². The molecule has 0 radical (unpaired) electrons. The maximum atomic E-state index is 12.0. The summed E-state index contributed by atoms with van der Waals surface area (Å²) >= 11 is 0. The van der Waals surface area contributed by atoms with Crippen LogP contribution in [0.4, 0.5) is 0 Å². The predicted octanol–water partition coefficient (Wildman–Crippen LogP) is 1.65. The quantitative estimate of drug-likeness (QED) is 0.827. The molecule has 1 saturated carbocycles. The third-order valence-corrected chi connectivity index (χ3v) is 3.67. The number of hydrogen-bond acceptors (Lipinski definition) is 4. The Hall–Kier alpha value is -2.24. The summed E-state index contributed by atoms with van der Waals surface area (Å²) in [6, 6.07) is 4.82. The second-order valence-corrected chi connectivity index (χ2v) is 4.99. The first-order chi connectivity index (χ1) is 10.2. The predicted molar refractivity (Wildman–Crippen MR) is 77.1 cm³/mol. The van der Waals surface area contributed by atoms with Crippen LogP contribution in [0, 0.1) is 5.92 Å². The van der Waals surface area contributed by atoms with E-state index in [-0.39, 0.29) is 17.7 Å². The topological polar surface area (TPSA) is 76.7 Å². The van der Waals surface area contributed by atoms with Gasteiger partial charge in [0.15, 0.2) is 11.5 Å². The first kappa shape index (κ1) is 15.2. The van der Waals surface area contributed by atoms with E-state index in [1.165, 1.54) is 14.2 Å². The van der Waals surface area contributed by atoms with Gasteiger partial charge in [0.2, 0.25) is 5.91 Å². The normalized spacial score (nSPS) is 14.6. The van der Waals surface area contributed by atoms with Crippen molar-refractivity contribution >= 4 is 11.8 Å². The molecule has 1 aliphatic rings. The molecule has 0 unspecified atom stereocenters. The molecule has 2 rings (SSSR count). The number of carbonyl (C=O) groups excluding carboxylic acids is 2. The summed E-state index contributed by atoms with van der Waals surface area (Å²) in [7, 11) is 3.03. The second kappa shape index (κ2) is 6.97. The fourth-order valence-electron chi connectivity index (χ4n) is 2.46. The van der Waals surface area contributed by atoms with Crippen molar-refractivity contribution in [1.82, 2.24) is 10.9 Å². The zero-order valence-electron chi connectivity index (χ0n) is 12.3. The third kappa shape index (κ3) is 3.65. The smallest absolute Gasteiger partial charge is 0.269 e. The Kier molecular flexibility index (Phi) is 5.03. The van der Waals surface area contributed by atoms with Crippen molar-refractivity contribution in [3.05, 3.63) is 23.8 Å². The van der Waals surface area contributed by atoms with Gasteiger partial charge >= 0.3 is 0 Å². The van der Waals surface area contributed by atoms with Crippen LogP contribution in [-0.2, 0) is 4.79 Å². The molecule has 114 valence electrons. The van der Waals surface area contributed by atoms with E-state index in [4.69, 9.17) is 9.47 Å². The molecule has 2 N–H and O–H groups in total. The van der Waals surface area contributed by atoms with E-state index in [1.54, 1.807) is 18.2 Å². The van der Waals surface area contributed by atoms with Crippen molar-refractivity contribution < 1.29 is 19.1 Å². The zero-order valence-corrected chi connectivity index (χ0v) is 12.3. The molecule has 0 atom stereocenters. The lowest BCUT2D eigenvalue weighted by atomic mass is 10.1. The molecule has 1 aromatic rings. The number of benzene rings is 1. The van der Waals surface area contributed by atoms with Crippen molar-refractivity contribution in [2.75, 3.05) is 14.2 Å². The van der Waals surface area contributed by atoms with Gasteiger partial charge in [-0.05, 0) is 31.0 Å². The minimum Gasteiger partial charge on any atom is -0.493 e. The van der Waals surface area contributed by atoms with Crippen LogP contribution in [0.2, 0.25) is 0 Å². The van der Waals surface area contributed by atoms with Crippen LogP contribution in [0.3, 0.4) is 0 Å². The van der Waals surface area contributed by atoms with Crippen molar-refractivity contribution in [3.8, 4) is 11.5 Å². The first-order valence-electron chi connectivity index (χ1n) is 6.98. The fourth-order valence-corrected chi connectivity index (χ4v) is 2.46. The summed E-state index contributed by atoms with van der Waals surface area (Å²) in [6.45, 7) is 0. The molecule has 0 aliphatic heterocycles. The average molecular weight is 292 g/mol. The van der Waals surface area contributed by atoms with E-state index in [9.17, 15) is 9.59 Å². The summed E-state index contributed by atoms with van der Waals surface area (Å²) < 4.78 is 10.3. The summed E-state index contributed by atoms with van der Waals surface area (Å²) in [6.07, 6.45) is 3.92. The minimum absolute atomic E-state index is 0.00991. The van der Waals surface area contributed by atoms with Crippen LogP contribution in [0.15, 0.2) is 18.2 Å². The number of hydrazine groups is 1. The zero-order chi connectivity index (χ0) is 15.2. The molecular formula is C15H20N2O4. The molecule has 1 aromatic carbocycles. The third-order valence-electron chi connectivity index (χ3n) is 3.67. The molecule has 2 amide bonds. The monoisotopic (exact) mass is 292 g/mol. The van der Waals surface area contributed by atoms with Crippen molar-refractivity contribution in [3.63, 3.8) is 0 Å². The van der Waals surface area contributed by atoms with Crippen molar-refractivity contribution in [2.24, 2.45) is 5.92 Å². The number of amides is 2. The molecule has 1 fully saturated rings. The van der Waals surface area contributed by atoms with Crippen LogP contribution < -0.4 is 20.3 Å². The van der Waals surface area contributed by atoms with E-state index < -0.39 is 0 Å². The number of carbonyl (C=O) groups is 2. The SMILES string of the molecule is COc1ccc(C(=O)NNC(=O)C2CCCC2)cc1OC.